The molecule has 0 fully saturated rings. The molecule has 0 nitrogen and oxygen atoms in total. The zero-order valence-electron chi connectivity index (χ0n) is 9.56. The minimum Gasteiger partial charge on any atom is -0.0613 e. The van der Waals surface area contributed by atoms with Crippen LogP contribution in [0.25, 0.3) is 0 Å². The lowest BCUT2D eigenvalue weighted by atomic mass is 9.74. The SMILES string of the molecule is CCc1ccc2c(c1)CCC(C)(C)C2. The molecule has 1 aliphatic carbocycles. The summed E-state index contributed by atoms with van der Waals surface area (Å²) in [6, 6.07) is 7.04. The normalized spacial score (nSPS) is 19.1. The Hall–Kier alpha value is -0.780. The maximum atomic E-state index is 2.41. The summed E-state index contributed by atoms with van der Waals surface area (Å²) < 4.78 is 0. The standard InChI is InChI=1S/C14H20/c1-4-11-5-6-13-10-14(2,3)8-7-12(13)9-11/h5-6,9H,4,7-8,10H2,1-3H3. The van der Waals surface area contributed by atoms with Crippen LogP contribution in [0.3, 0.4) is 0 Å². The second kappa shape index (κ2) is 3.42. The molecule has 0 spiro atoms. The van der Waals surface area contributed by atoms with Crippen molar-refractivity contribution in [2.75, 3.05) is 0 Å². The van der Waals surface area contributed by atoms with E-state index in [2.05, 4.69) is 39.0 Å². The van der Waals surface area contributed by atoms with Crippen LogP contribution in [0.15, 0.2) is 18.2 Å². The maximum absolute atomic E-state index is 2.41. The molecule has 0 aromatic heterocycles. The van der Waals surface area contributed by atoms with Crippen LogP contribution in [0, 0.1) is 5.41 Å². The summed E-state index contributed by atoms with van der Waals surface area (Å²) in [5.74, 6) is 0. The molecule has 76 valence electrons. The van der Waals surface area contributed by atoms with Gasteiger partial charge in [-0.15, -0.1) is 0 Å². The van der Waals surface area contributed by atoms with Crippen LogP contribution >= 0.6 is 0 Å². The zero-order chi connectivity index (χ0) is 10.2. The summed E-state index contributed by atoms with van der Waals surface area (Å²) in [4.78, 5) is 0. The largest absolute Gasteiger partial charge is 0.0613 e. The zero-order valence-corrected chi connectivity index (χ0v) is 9.56. The van der Waals surface area contributed by atoms with E-state index in [1.54, 1.807) is 11.1 Å². The van der Waals surface area contributed by atoms with Gasteiger partial charge in [0.15, 0.2) is 0 Å². The van der Waals surface area contributed by atoms with Gasteiger partial charge < -0.3 is 0 Å². The third-order valence-corrected chi connectivity index (χ3v) is 3.42. The van der Waals surface area contributed by atoms with Crippen molar-refractivity contribution in [3.05, 3.63) is 34.9 Å². The van der Waals surface area contributed by atoms with Gasteiger partial charge >= 0.3 is 0 Å². The van der Waals surface area contributed by atoms with Crippen molar-refractivity contribution >= 4 is 0 Å². The average Bonchev–Trinajstić information content (AvgIpc) is 2.16. The lowest BCUT2D eigenvalue weighted by molar-refractivity contribution is 0.315. The summed E-state index contributed by atoms with van der Waals surface area (Å²) in [5.41, 5.74) is 5.19. The summed E-state index contributed by atoms with van der Waals surface area (Å²) in [5, 5.41) is 0. The van der Waals surface area contributed by atoms with Crippen LogP contribution in [0.4, 0.5) is 0 Å². The Balaban J connectivity index is 2.32. The highest BCUT2D eigenvalue weighted by atomic mass is 14.3. The van der Waals surface area contributed by atoms with Crippen molar-refractivity contribution in [2.45, 2.75) is 46.5 Å². The second-order valence-electron chi connectivity index (χ2n) is 5.30. The first-order valence-corrected chi connectivity index (χ1v) is 5.71. The van der Waals surface area contributed by atoms with E-state index in [1.165, 1.54) is 24.8 Å². The fourth-order valence-corrected chi connectivity index (χ4v) is 2.38. The average molecular weight is 188 g/mol. The minimum atomic E-state index is 0.515. The Labute approximate surface area is 87.3 Å². The third-order valence-electron chi connectivity index (χ3n) is 3.42. The molecule has 2 rings (SSSR count). The van der Waals surface area contributed by atoms with Crippen molar-refractivity contribution < 1.29 is 0 Å². The highest BCUT2D eigenvalue weighted by Gasteiger charge is 2.24. The Kier molecular flexibility index (Phi) is 2.38. The third kappa shape index (κ3) is 1.84. The molecule has 0 saturated heterocycles. The van der Waals surface area contributed by atoms with Gasteiger partial charge in [0.25, 0.3) is 0 Å². The first kappa shape index (κ1) is 9.76. The van der Waals surface area contributed by atoms with E-state index >= 15 is 0 Å². The Morgan fingerprint density at radius 2 is 2.00 bits per heavy atom. The number of fused-ring (bicyclic) bond motifs is 1. The minimum absolute atomic E-state index is 0.515. The molecule has 1 aromatic rings. The predicted molar refractivity (Wildman–Crippen MR) is 61.6 cm³/mol. The van der Waals surface area contributed by atoms with Gasteiger partial charge in [-0.3, -0.25) is 0 Å². The Morgan fingerprint density at radius 3 is 2.71 bits per heavy atom. The van der Waals surface area contributed by atoms with Gasteiger partial charge in [0.1, 0.15) is 0 Å². The fraction of sp³-hybridized carbons (Fsp3) is 0.571. The summed E-state index contributed by atoms with van der Waals surface area (Å²) in [6.07, 6.45) is 5.03. The lowest BCUT2D eigenvalue weighted by Gasteiger charge is -2.31. The van der Waals surface area contributed by atoms with Crippen LogP contribution in [0.1, 0.15) is 43.9 Å². The molecule has 0 heterocycles. The first-order valence-electron chi connectivity index (χ1n) is 5.71. The molecule has 0 saturated carbocycles. The van der Waals surface area contributed by atoms with Crippen molar-refractivity contribution in [1.29, 1.82) is 0 Å². The van der Waals surface area contributed by atoms with Crippen LogP contribution in [-0.2, 0) is 19.3 Å². The van der Waals surface area contributed by atoms with Crippen molar-refractivity contribution in [2.24, 2.45) is 5.41 Å². The number of rotatable bonds is 1. The monoisotopic (exact) mass is 188 g/mol. The van der Waals surface area contributed by atoms with Crippen LogP contribution < -0.4 is 0 Å². The topological polar surface area (TPSA) is 0 Å². The van der Waals surface area contributed by atoms with Gasteiger partial charge in [-0.25, -0.2) is 0 Å². The molecule has 14 heavy (non-hydrogen) atoms. The van der Waals surface area contributed by atoms with E-state index in [4.69, 9.17) is 0 Å². The molecule has 0 aliphatic heterocycles. The van der Waals surface area contributed by atoms with Crippen molar-refractivity contribution in [1.82, 2.24) is 0 Å². The van der Waals surface area contributed by atoms with Gasteiger partial charge in [0.05, 0.1) is 0 Å². The van der Waals surface area contributed by atoms with E-state index in [1.807, 2.05) is 0 Å². The number of benzene rings is 1. The summed E-state index contributed by atoms with van der Waals surface area (Å²) in [7, 11) is 0. The first-order chi connectivity index (χ1) is 6.61. The van der Waals surface area contributed by atoms with Gasteiger partial charge in [0, 0.05) is 0 Å². The van der Waals surface area contributed by atoms with E-state index in [9.17, 15) is 0 Å². The van der Waals surface area contributed by atoms with E-state index in [-0.39, 0.29) is 0 Å². The molecule has 0 unspecified atom stereocenters. The van der Waals surface area contributed by atoms with E-state index in [0.717, 1.165) is 6.42 Å². The lowest BCUT2D eigenvalue weighted by Crippen LogP contribution is -2.22. The highest BCUT2D eigenvalue weighted by molar-refractivity contribution is 5.34. The van der Waals surface area contributed by atoms with Crippen molar-refractivity contribution in [3.63, 3.8) is 0 Å². The molecule has 1 aliphatic rings. The molecule has 0 atom stereocenters. The van der Waals surface area contributed by atoms with Crippen molar-refractivity contribution in [3.8, 4) is 0 Å². The van der Waals surface area contributed by atoms with Gasteiger partial charge in [-0.1, -0.05) is 39.0 Å². The quantitative estimate of drug-likeness (QED) is 0.629. The summed E-state index contributed by atoms with van der Waals surface area (Å²) in [6.45, 7) is 6.99. The Morgan fingerprint density at radius 1 is 1.21 bits per heavy atom. The summed E-state index contributed by atoms with van der Waals surface area (Å²) >= 11 is 0. The van der Waals surface area contributed by atoms with Crippen LogP contribution in [0.5, 0.6) is 0 Å². The fourth-order valence-electron chi connectivity index (χ4n) is 2.38. The highest BCUT2D eigenvalue weighted by Crippen LogP contribution is 2.34. The van der Waals surface area contributed by atoms with E-state index < -0.39 is 0 Å². The number of hydrogen-bond donors (Lipinski definition) is 0. The van der Waals surface area contributed by atoms with Crippen LogP contribution in [-0.4, -0.2) is 0 Å². The molecule has 0 heteroatoms. The van der Waals surface area contributed by atoms with E-state index in [0.29, 0.717) is 5.41 Å². The molecule has 0 bridgehead atoms. The smallest absolute Gasteiger partial charge is 0.0224 e. The molecule has 0 amide bonds. The van der Waals surface area contributed by atoms with Gasteiger partial charge in [-0.2, -0.15) is 0 Å². The molecule has 0 N–H and O–H groups in total. The van der Waals surface area contributed by atoms with Gasteiger partial charge in [-0.05, 0) is 47.8 Å². The number of hydrogen-bond acceptors (Lipinski definition) is 0. The molecular formula is C14H20. The molecule has 1 aromatic carbocycles. The van der Waals surface area contributed by atoms with Crippen LogP contribution in [0.2, 0.25) is 0 Å². The number of aryl methyl sites for hydroxylation is 2. The second-order valence-corrected chi connectivity index (χ2v) is 5.30. The maximum Gasteiger partial charge on any atom is -0.0224 e. The van der Waals surface area contributed by atoms with Gasteiger partial charge in [0.2, 0.25) is 0 Å². The Bertz CT molecular complexity index is 334. The molecular weight excluding hydrogens is 168 g/mol. The molecule has 0 radical (unpaired) electrons. The predicted octanol–water partition coefficient (Wildman–Crippen LogP) is 3.76.